The molecule has 8 atom stereocenters. The summed E-state index contributed by atoms with van der Waals surface area (Å²) in [7, 11) is 0. The maximum atomic E-state index is 12.6. The Morgan fingerprint density at radius 1 is 1.12 bits per heavy atom. The van der Waals surface area contributed by atoms with Gasteiger partial charge in [0.2, 0.25) is 0 Å². The molecule has 10 heteroatoms. The highest BCUT2D eigenvalue weighted by Crippen LogP contribution is 2.67. The maximum Gasteiger partial charge on any atom is 0.326 e. The van der Waals surface area contributed by atoms with Gasteiger partial charge in [-0.2, -0.15) is 0 Å². The van der Waals surface area contributed by atoms with Crippen LogP contribution in [0.15, 0.2) is 47.1 Å². The van der Waals surface area contributed by atoms with E-state index in [2.05, 4.69) is 17.4 Å². The van der Waals surface area contributed by atoms with E-state index in [0.29, 0.717) is 31.4 Å². The summed E-state index contributed by atoms with van der Waals surface area (Å²) in [6, 6.07) is 7.99. The molecule has 0 spiro atoms. The average molecular weight is 583 g/mol. The molecule has 0 aliphatic heterocycles. The molecule has 0 bridgehead atoms. The SMILES string of the molecule is C[C@]12CCC(=NOCC(=O)N[C@@H](Cc3ccccc3)C(=O)O)C=C1CC[C@H]1[C@@H]2[C@H](O)C[C@]2(C)[C@@H]1CC[C@]2(O)C(=O)CO. The van der Waals surface area contributed by atoms with Crippen molar-refractivity contribution in [3.05, 3.63) is 47.5 Å². The summed E-state index contributed by atoms with van der Waals surface area (Å²) in [6.45, 7) is 2.99. The fourth-order valence-electron chi connectivity index (χ4n) is 8.82. The van der Waals surface area contributed by atoms with E-state index in [1.54, 1.807) is 12.1 Å². The van der Waals surface area contributed by atoms with E-state index in [0.717, 1.165) is 24.8 Å². The third kappa shape index (κ3) is 5.18. The molecule has 0 unspecified atom stereocenters. The molecule has 0 radical (unpaired) electrons. The third-order valence-electron chi connectivity index (χ3n) is 11.0. The highest BCUT2D eigenvalue weighted by Gasteiger charge is 2.68. The molecular formula is C32H42N2O8. The number of aliphatic hydroxyl groups is 3. The predicted molar refractivity (Wildman–Crippen MR) is 153 cm³/mol. The number of oxime groups is 1. The van der Waals surface area contributed by atoms with Gasteiger partial charge in [-0.05, 0) is 79.8 Å². The molecule has 1 amide bonds. The van der Waals surface area contributed by atoms with Gasteiger partial charge < -0.3 is 30.6 Å². The van der Waals surface area contributed by atoms with Crippen LogP contribution >= 0.6 is 0 Å². The summed E-state index contributed by atoms with van der Waals surface area (Å²) in [5.41, 5.74) is 0.0184. The van der Waals surface area contributed by atoms with Crippen molar-refractivity contribution in [2.24, 2.45) is 33.7 Å². The molecule has 5 N–H and O–H groups in total. The lowest BCUT2D eigenvalue weighted by Gasteiger charge is -2.60. The van der Waals surface area contributed by atoms with E-state index in [1.807, 2.05) is 31.2 Å². The van der Waals surface area contributed by atoms with Gasteiger partial charge in [0, 0.05) is 11.8 Å². The van der Waals surface area contributed by atoms with Gasteiger partial charge in [0.05, 0.1) is 11.8 Å². The molecule has 42 heavy (non-hydrogen) atoms. The van der Waals surface area contributed by atoms with Crippen LogP contribution < -0.4 is 5.32 Å². The van der Waals surface area contributed by atoms with E-state index in [9.17, 15) is 34.8 Å². The Balaban J connectivity index is 1.23. The number of aliphatic carboxylic acids is 1. The van der Waals surface area contributed by atoms with E-state index >= 15 is 0 Å². The van der Waals surface area contributed by atoms with E-state index in [4.69, 9.17) is 4.84 Å². The van der Waals surface area contributed by atoms with Crippen LogP contribution in [0.3, 0.4) is 0 Å². The van der Waals surface area contributed by atoms with Crippen molar-refractivity contribution < 1.29 is 39.6 Å². The molecule has 1 aromatic carbocycles. The fraction of sp³-hybridized carbons (Fsp3) is 0.625. The lowest BCUT2D eigenvalue weighted by molar-refractivity contribution is -0.181. The molecule has 228 valence electrons. The Bertz CT molecular complexity index is 1280. The van der Waals surface area contributed by atoms with Gasteiger partial charge in [-0.25, -0.2) is 4.79 Å². The number of carbonyl (C=O) groups is 3. The lowest BCUT2D eigenvalue weighted by atomic mass is 9.45. The Hall–Kier alpha value is -3.08. The first kappa shape index (κ1) is 30.4. The number of hydrogen-bond acceptors (Lipinski definition) is 8. The normalized spacial score (nSPS) is 37.1. The van der Waals surface area contributed by atoms with Crippen molar-refractivity contribution in [2.45, 2.75) is 83.0 Å². The first-order chi connectivity index (χ1) is 19.9. The number of carboxylic acids is 1. The number of nitrogens with one attached hydrogen (secondary N) is 1. The number of allylic oxidation sites excluding steroid dienone is 2. The van der Waals surface area contributed by atoms with Crippen LogP contribution in [0.1, 0.15) is 64.4 Å². The van der Waals surface area contributed by atoms with Crippen LogP contribution in [0, 0.1) is 28.6 Å². The first-order valence-corrected chi connectivity index (χ1v) is 14.9. The summed E-state index contributed by atoms with van der Waals surface area (Å²) >= 11 is 0. The van der Waals surface area contributed by atoms with Crippen LogP contribution in [0.4, 0.5) is 0 Å². The molecule has 0 aromatic heterocycles. The van der Waals surface area contributed by atoms with Crippen LogP contribution in [0.25, 0.3) is 0 Å². The van der Waals surface area contributed by atoms with E-state index < -0.39 is 54.0 Å². The zero-order chi connectivity index (χ0) is 30.3. The lowest BCUT2D eigenvalue weighted by Crippen LogP contribution is -2.62. The van der Waals surface area contributed by atoms with Crippen LogP contribution in [-0.4, -0.2) is 74.8 Å². The van der Waals surface area contributed by atoms with Gasteiger partial charge in [-0.15, -0.1) is 0 Å². The average Bonchev–Trinajstić information content (AvgIpc) is 3.23. The zero-order valence-corrected chi connectivity index (χ0v) is 24.3. The summed E-state index contributed by atoms with van der Waals surface area (Å²) < 4.78 is 0. The summed E-state index contributed by atoms with van der Waals surface area (Å²) in [4.78, 5) is 42.0. The predicted octanol–water partition coefficient (Wildman–Crippen LogP) is 2.40. The second-order valence-electron chi connectivity index (χ2n) is 13.1. The van der Waals surface area contributed by atoms with Gasteiger partial charge in [-0.3, -0.25) is 9.59 Å². The van der Waals surface area contributed by atoms with Crippen molar-refractivity contribution >= 4 is 23.4 Å². The smallest absolute Gasteiger partial charge is 0.326 e. The monoisotopic (exact) mass is 582 g/mol. The third-order valence-corrected chi connectivity index (χ3v) is 11.0. The molecule has 0 saturated heterocycles. The fourth-order valence-corrected chi connectivity index (χ4v) is 8.82. The zero-order valence-electron chi connectivity index (χ0n) is 24.3. The molecule has 5 rings (SSSR count). The number of nitrogens with zero attached hydrogens (tertiary/aromatic N) is 1. The van der Waals surface area contributed by atoms with Gasteiger partial charge in [-0.1, -0.05) is 54.9 Å². The topological polar surface area (TPSA) is 166 Å². The Morgan fingerprint density at radius 2 is 1.86 bits per heavy atom. The first-order valence-electron chi connectivity index (χ1n) is 14.9. The number of carbonyl (C=O) groups excluding carboxylic acids is 2. The number of rotatable bonds is 9. The summed E-state index contributed by atoms with van der Waals surface area (Å²) in [5.74, 6) is -2.04. The number of amides is 1. The van der Waals surface area contributed by atoms with Gasteiger partial charge in [0.1, 0.15) is 18.2 Å². The standard InChI is InChI=1S/C32H42N2O8/c1-30-12-10-21(34-42-18-27(38)33-24(29(39)40)14-19-6-4-3-5-7-19)15-20(30)8-9-22-23-11-13-32(41,26(37)17-35)31(23,2)16-25(36)28(22)30/h3-7,15,22-25,28,35-36,41H,8-14,16-18H2,1-2H3,(H,33,38)(H,39,40)/t22-,23-,24+,25-,28-,30+,31-,32+/m1/s1. The van der Waals surface area contributed by atoms with Crippen LogP contribution in [0.5, 0.6) is 0 Å². The van der Waals surface area contributed by atoms with Gasteiger partial charge in [0.25, 0.3) is 5.91 Å². The number of hydrogen-bond donors (Lipinski definition) is 5. The number of fused-ring (bicyclic) bond motifs is 5. The minimum absolute atomic E-state index is 0.0204. The molecule has 1 aromatic rings. The summed E-state index contributed by atoms with van der Waals surface area (Å²) in [5, 5.41) is 48.7. The number of ketones is 1. The molecule has 0 heterocycles. The molecular weight excluding hydrogens is 540 g/mol. The van der Waals surface area contributed by atoms with Crippen molar-refractivity contribution in [3.8, 4) is 0 Å². The Labute approximate surface area is 245 Å². The number of Topliss-reactive ketones (excluding diaryl/α,β-unsaturated/α-hetero) is 1. The maximum absolute atomic E-state index is 12.6. The highest BCUT2D eigenvalue weighted by molar-refractivity contribution is 5.96. The Kier molecular flexibility index (Phi) is 8.35. The second kappa shape index (κ2) is 11.5. The Morgan fingerprint density at radius 3 is 2.55 bits per heavy atom. The summed E-state index contributed by atoms with van der Waals surface area (Å²) in [6.07, 6.45) is 5.74. The van der Waals surface area contributed by atoms with Crippen molar-refractivity contribution in [1.29, 1.82) is 0 Å². The van der Waals surface area contributed by atoms with Crippen LogP contribution in [0.2, 0.25) is 0 Å². The van der Waals surface area contributed by atoms with Gasteiger partial charge >= 0.3 is 5.97 Å². The number of carboxylic acid groups (broad SMARTS) is 1. The second-order valence-corrected chi connectivity index (χ2v) is 13.1. The molecule has 4 aliphatic carbocycles. The minimum Gasteiger partial charge on any atom is -0.480 e. The number of aliphatic hydroxyl groups excluding tert-OH is 2. The van der Waals surface area contributed by atoms with Crippen molar-refractivity contribution in [2.75, 3.05) is 13.2 Å². The molecule has 3 saturated carbocycles. The quantitative estimate of drug-likeness (QED) is 0.277. The minimum atomic E-state index is -1.61. The van der Waals surface area contributed by atoms with Crippen LogP contribution in [-0.2, 0) is 25.6 Å². The number of benzene rings is 1. The van der Waals surface area contributed by atoms with Gasteiger partial charge in [0.15, 0.2) is 12.4 Å². The molecule has 3 fully saturated rings. The highest BCUT2D eigenvalue weighted by atomic mass is 16.6. The molecule has 10 nitrogen and oxygen atoms in total. The van der Waals surface area contributed by atoms with E-state index in [1.165, 1.54) is 5.57 Å². The largest absolute Gasteiger partial charge is 0.480 e. The molecule has 4 aliphatic rings. The van der Waals surface area contributed by atoms with Crippen molar-refractivity contribution in [1.82, 2.24) is 5.32 Å². The van der Waals surface area contributed by atoms with Crippen molar-refractivity contribution in [3.63, 3.8) is 0 Å². The van der Waals surface area contributed by atoms with E-state index in [-0.39, 0.29) is 29.6 Å².